The van der Waals surface area contributed by atoms with Gasteiger partial charge in [-0.1, -0.05) is 0 Å². The number of H-pyrrole nitrogens is 1. The molecule has 26 heavy (non-hydrogen) atoms. The SMILES string of the molecule is C[C@H](NC(=O)Cc1cc2c([nH]c1=O)C=CNC2C#N)c1ccc(F)cn1. The molecule has 1 aliphatic heterocycles. The van der Waals surface area contributed by atoms with Gasteiger partial charge in [0.25, 0.3) is 5.56 Å². The number of carbonyl (C=O) groups is 1. The molecule has 0 radical (unpaired) electrons. The number of amides is 1. The lowest BCUT2D eigenvalue weighted by atomic mass is 10.00. The van der Waals surface area contributed by atoms with Gasteiger partial charge in [0.1, 0.15) is 11.9 Å². The average Bonchev–Trinajstić information content (AvgIpc) is 2.62. The van der Waals surface area contributed by atoms with Gasteiger partial charge in [0.2, 0.25) is 5.91 Å². The van der Waals surface area contributed by atoms with Crippen LogP contribution in [0.1, 0.15) is 41.5 Å². The van der Waals surface area contributed by atoms with E-state index in [9.17, 15) is 19.2 Å². The standard InChI is InChI=1S/C18H16FN5O2/c1-10(14-3-2-12(19)9-22-14)23-17(25)7-11-6-13-15(24-18(11)26)4-5-21-16(13)8-20/h2-6,9-10,16,21H,7H2,1H3,(H,23,25)(H,24,26)/t10-,16?/m0/s1. The summed E-state index contributed by atoms with van der Waals surface area (Å²) in [7, 11) is 0. The Hall–Kier alpha value is -3.47. The first kappa shape index (κ1) is 17.4. The summed E-state index contributed by atoms with van der Waals surface area (Å²) >= 11 is 0. The summed E-state index contributed by atoms with van der Waals surface area (Å²) in [4.78, 5) is 31.1. The zero-order valence-electron chi connectivity index (χ0n) is 13.9. The van der Waals surface area contributed by atoms with Crippen molar-refractivity contribution in [2.24, 2.45) is 0 Å². The van der Waals surface area contributed by atoms with Gasteiger partial charge in [-0.2, -0.15) is 5.26 Å². The highest BCUT2D eigenvalue weighted by molar-refractivity contribution is 5.79. The van der Waals surface area contributed by atoms with Gasteiger partial charge in [-0.25, -0.2) is 4.39 Å². The van der Waals surface area contributed by atoms with Crippen LogP contribution in [0.2, 0.25) is 0 Å². The van der Waals surface area contributed by atoms with Gasteiger partial charge in [0.05, 0.1) is 30.4 Å². The zero-order chi connectivity index (χ0) is 18.7. The minimum atomic E-state index is -0.587. The minimum absolute atomic E-state index is 0.143. The second kappa shape index (κ2) is 7.19. The Morgan fingerprint density at radius 3 is 3.00 bits per heavy atom. The number of nitriles is 1. The third-order valence-corrected chi connectivity index (χ3v) is 4.06. The van der Waals surface area contributed by atoms with Gasteiger partial charge in [0, 0.05) is 16.8 Å². The number of halogens is 1. The van der Waals surface area contributed by atoms with Crippen molar-refractivity contribution >= 4 is 12.0 Å². The number of carbonyl (C=O) groups excluding carboxylic acids is 1. The molecule has 3 N–H and O–H groups in total. The summed E-state index contributed by atoms with van der Waals surface area (Å²) in [5.74, 6) is -0.829. The van der Waals surface area contributed by atoms with Crippen molar-refractivity contribution in [3.63, 3.8) is 0 Å². The van der Waals surface area contributed by atoms with Crippen LogP contribution in [0.5, 0.6) is 0 Å². The van der Waals surface area contributed by atoms with Crippen molar-refractivity contribution in [3.8, 4) is 6.07 Å². The molecule has 2 aromatic rings. The molecule has 2 atom stereocenters. The van der Waals surface area contributed by atoms with E-state index in [4.69, 9.17) is 0 Å². The van der Waals surface area contributed by atoms with E-state index in [1.807, 2.05) is 0 Å². The molecule has 0 aromatic carbocycles. The normalized spacial score (nSPS) is 16.1. The number of aromatic nitrogens is 2. The molecule has 0 saturated heterocycles. The van der Waals surface area contributed by atoms with Gasteiger partial charge in [-0.15, -0.1) is 0 Å². The van der Waals surface area contributed by atoms with E-state index in [-0.39, 0.29) is 23.5 Å². The van der Waals surface area contributed by atoms with Crippen LogP contribution in [-0.4, -0.2) is 15.9 Å². The van der Waals surface area contributed by atoms with E-state index in [0.29, 0.717) is 17.0 Å². The number of hydrogen-bond acceptors (Lipinski definition) is 5. The molecular formula is C18H16FN5O2. The van der Waals surface area contributed by atoms with Crippen molar-refractivity contribution in [2.45, 2.75) is 25.4 Å². The monoisotopic (exact) mass is 353 g/mol. The Kier molecular flexibility index (Phi) is 4.80. The maximum Gasteiger partial charge on any atom is 0.252 e. The average molecular weight is 353 g/mol. The summed E-state index contributed by atoms with van der Waals surface area (Å²) in [5.41, 5.74) is 1.56. The number of hydrogen-bond donors (Lipinski definition) is 3. The predicted octanol–water partition coefficient (Wildman–Crippen LogP) is 1.47. The molecule has 3 rings (SSSR count). The van der Waals surface area contributed by atoms with Crippen LogP contribution >= 0.6 is 0 Å². The fourth-order valence-corrected chi connectivity index (χ4v) is 2.72. The summed E-state index contributed by atoms with van der Waals surface area (Å²) in [6.45, 7) is 1.72. The number of nitrogens with zero attached hydrogens (tertiary/aromatic N) is 2. The van der Waals surface area contributed by atoms with Gasteiger partial charge < -0.3 is 15.6 Å². The highest BCUT2D eigenvalue weighted by Crippen LogP contribution is 2.21. The maximum atomic E-state index is 12.9. The molecule has 2 aromatic heterocycles. The quantitative estimate of drug-likeness (QED) is 0.771. The number of nitrogens with one attached hydrogen (secondary N) is 3. The minimum Gasteiger partial charge on any atom is -0.372 e. The van der Waals surface area contributed by atoms with Gasteiger partial charge >= 0.3 is 0 Å². The molecule has 0 bridgehead atoms. The number of pyridine rings is 2. The molecule has 1 aliphatic rings. The molecule has 7 nitrogen and oxygen atoms in total. The zero-order valence-corrected chi connectivity index (χ0v) is 13.9. The first-order valence-electron chi connectivity index (χ1n) is 7.97. The van der Waals surface area contributed by atoms with Crippen LogP contribution in [0.25, 0.3) is 6.08 Å². The van der Waals surface area contributed by atoms with E-state index in [1.165, 1.54) is 12.1 Å². The Bertz CT molecular complexity index is 959. The molecule has 1 amide bonds. The van der Waals surface area contributed by atoms with E-state index in [1.54, 1.807) is 25.3 Å². The van der Waals surface area contributed by atoms with Gasteiger partial charge in [-0.05, 0) is 37.4 Å². The Labute approximate surface area is 148 Å². The highest BCUT2D eigenvalue weighted by Gasteiger charge is 2.20. The van der Waals surface area contributed by atoms with Crippen LogP contribution in [0.3, 0.4) is 0 Å². The first-order chi connectivity index (χ1) is 12.5. The maximum absolute atomic E-state index is 12.9. The number of fused-ring (bicyclic) bond motifs is 1. The van der Waals surface area contributed by atoms with Gasteiger partial charge in [0.15, 0.2) is 0 Å². The molecule has 8 heteroatoms. The molecule has 132 valence electrons. The lowest BCUT2D eigenvalue weighted by Crippen LogP contribution is -2.31. The fourth-order valence-electron chi connectivity index (χ4n) is 2.72. The van der Waals surface area contributed by atoms with E-state index < -0.39 is 17.9 Å². The summed E-state index contributed by atoms with van der Waals surface area (Å²) in [6.07, 6.45) is 4.19. The lowest BCUT2D eigenvalue weighted by molar-refractivity contribution is -0.121. The number of rotatable bonds is 4. The summed E-state index contributed by atoms with van der Waals surface area (Å²) < 4.78 is 12.9. The van der Waals surface area contributed by atoms with Crippen molar-refractivity contribution in [1.29, 1.82) is 5.26 Å². The second-order valence-corrected chi connectivity index (χ2v) is 5.92. The molecule has 0 spiro atoms. The van der Waals surface area contributed by atoms with Crippen LogP contribution in [0.15, 0.2) is 35.4 Å². The first-order valence-corrected chi connectivity index (χ1v) is 7.97. The Morgan fingerprint density at radius 1 is 1.50 bits per heavy atom. The third-order valence-electron chi connectivity index (χ3n) is 4.06. The fraction of sp³-hybridized carbons (Fsp3) is 0.222. The third kappa shape index (κ3) is 3.62. The second-order valence-electron chi connectivity index (χ2n) is 5.92. The molecule has 3 heterocycles. The van der Waals surface area contributed by atoms with Crippen molar-refractivity contribution in [2.75, 3.05) is 0 Å². The lowest BCUT2D eigenvalue weighted by Gasteiger charge is -2.18. The largest absolute Gasteiger partial charge is 0.372 e. The van der Waals surface area contributed by atoms with Crippen molar-refractivity contribution in [3.05, 3.63) is 69.3 Å². The van der Waals surface area contributed by atoms with E-state index in [0.717, 1.165) is 6.20 Å². The van der Waals surface area contributed by atoms with Gasteiger partial charge in [-0.3, -0.25) is 14.6 Å². The Morgan fingerprint density at radius 2 is 2.31 bits per heavy atom. The molecule has 0 fully saturated rings. The van der Waals surface area contributed by atoms with Crippen molar-refractivity contribution < 1.29 is 9.18 Å². The molecule has 0 saturated carbocycles. The molecular weight excluding hydrogens is 337 g/mol. The van der Waals surface area contributed by atoms with Crippen LogP contribution < -0.4 is 16.2 Å². The predicted molar refractivity (Wildman–Crippen MR) is 92.0 cm³/mol. The summed E-state index contributed by atoms with van der Waals surface area (Å²) in [5, 5.41) is 14.8. The molecule has 1 unspecified atom stereocenters. The Balaban J connectivity index is 1.75. The van der Waals surface area contributed by atoms with Crippen LogP contribution in [0.4, 0.5) is 4.39 Å². The molecule has 0 aliphatic carbocycles. The highest BCUT2D eigenvalue weighted by atomic mass is 19.1. The topological polar surface area (TPSA) is 111 Å². The summed E-state index contributed by atoms with van der Waals surface area (Å²) in [6, 6.07) is 5.40. The van der Waals surface area contributed by atoms with E-state index in [2.05, 4.69) is 26.7 Å². The smallest absolute Gasteiger partial charge is 0.252 e. The van der Waals surface area contributed by atoms with Crippen molar-refractivity contribution in [1.82, 2.24) is 20.6 Å². The van der Waals surface area contributed by atoms with E-state index >= 15 is 0 Å². The van der Waals surface area contributed by atoms with Crippen LogP contribution in [-0.2, 0) is 11.2 Å². The number of aromatic amines is 1. The van der Waals surface area contributed by atoms with Crippen LogP contribution in [0, 0.1) is 17.1 Å².